The lowest BCUT2D eigenvalue weighted by Crippen LogP contribution is -2.21. The maximum Gasteiger partial charge on any atom is 0.350 e. The van der Waals surface area contributed by atoms with E-state index in [1.54, 1.807) is 25.3 Å². The lowest BCUT2D eigenvalue weighted by atomic mass is 9.83. The molecule has 0 bridgehead atoms. The van der Waals surface area contributed by atoms with E-state index >= 15 is 0 Å². The predicted octanol–water partition coefficient (Wildman–Crippen LogP) is 5.61. The zero-order valence-electron chi connectivity index (χ0n) is 21.5. The maximum atomic E-state index is 12.7. The highest BCUT2D eigenvalue weighted by Crippen LogP contribution is 2.45. The van der Waals surface area contributed by atoms with Gasteiger partial charge in [-0.2, -0.15) is 5.26 Å². The number of ether oxygens (including phenoxy) is 4. The van der Waals surface area contributed by atoms with E-state index in [-0.39, 0.29) is 34.2 Å². The monoisotopic (exact) mass is 529 g/mol. The van der Waals surface area contributed by atoms with E-state index in [0.717, 1.165) is 24.8 Å². The van der Waals surface area contributed by atoms with Gasteiger partial charge in [-0.05, 0) is 36.2 Å². The zero-order chi connectivity index (χ0) is 27.9. The molecule has 1 heterocycles. The van der Waals surface area contributed by atoms with Crippen molar-refractivity contribution in [1.82, 2.24) is 0 Å². The number of rotatable bonds is 10. The number of hydrogen-bond acceptors (Lipinski definition) is 9. The number of nitro groups is 1. The highest BCUT2D eigenvalue weighted by molar-refractivity contribution is 5.95. The van der Waals surface area contributed by atoms with Crippen LogP contribution >= 0.6 is 0 Å². The summed E-state index contributed by atoms with van der Waals surface area (Å²) < 4.78 is 22.6. The summed E-state index contributed by atoms with van der Waals surface area (Å²) in [6.45, 7) is 2.68. The van der Waals surface area contributed by atoms with Crippen molar-refractivity contribution in [1.29, 1.82) is 5.26 Å². The summed E-state index contributed by atoms with van der Waals surface area (Å²) in [5.74, 6) is -0.0753. The Bertz CT molecular complexity index is 1480. The van der Waals surface area contributed by atoms with Crippen molar-refractivity contribution in [3.8, 4) is 29.1 Å². The third kappa shape index (κ3) is 5.78. The molecule has 1 aliphatic heterocycles. The van der Waals surface area contributed by atoms with Gasteiger partial charge in [-0.25, -0.2) is 4.79 Å². The molecule has 2 N–H and O–H groups in total. The van der Waals surface area contributed by atoms with E-state index in [1.807, 2.05) is 6.07 Å². The predicted molar refractivity (Wildman–Crippen MR) is 142 cm³/mol. The van der Waals surface area contributed by atoms with Gasteiger partial charge in [0.25, 0.3) is 5.69 Å². The highest BCUT2D eigenvalue weighted by atomic mass is 16.6. The summed E-state index contributed by atoms with van der Waals surface area (Å²) >= 11 is 0. The first kappa shape index (κ1) is 27.0. The summed E-state index contributed by atoms with van der Waals surface area (Å²) in [6, 6.07) is 17.7. The molecule has 39 heavy (non-hydrogen) atoms. The third-order valence-electron chi connectivity index (χ3n) is 6.25. The molecule has 3 aromatic rings. The number of nitrogens with two attached hydrogens (primary N) is 1. The Balaban J connectivity index is 1.65. The van der Waals surface area contributed by atoms with Gasteiger partial charge in [0.15, 0.2) is 11.5 Å². The molecule has 0 radical (unpaired) electrons. The number of nitrogens with zero attached hydrogens (tertiary/aromatic N) is 2. The molecule has 0 fully saturated rings. The molecule has 1 atom stereocenters. The molecule has 0 spiro atoms. The summed E-state index contributed by atoms with van der Waals surface area (Å²) in [5.41, 5.74) is 7.12. The Labute approximate surface area is 225 Å². The molecule has 0 saturated heterocycles. The number of benzene rings is 3. The Morgan fingerprint density at radius 2 is 1.92 bits per heavy atom. The minimum Gasteiger partial charge on any atom is -0.493 e. The van der Waals surface area contributed by atoms with Gasteiger partial charge >= 0.3 is 5.97 Å². The first-order chi connectivity index (χ1) is 18.9. The molecule has 0 aliphatic carbocycles. The van der Waals surface area contributed by atoms with E-state index in [2.05, 4.69) is 13.0 Å². The van der Waals surface area contributed by atoms with E-state index < -0.39 is 16.8 Å². The van der Waals surface area contributed by atoms with Crippen LogP contribution in [-0.2, 0) is 0 Å². The average Bonchev–Trinajstić information content (AvgIpc) is 2.94. The fourth-order valence-electron chi connectivity index (χ4n) is 4.33. The normalized spacial score (nSPS) is 14.0. The lowest BCUT2D eigenvalue weighted by molar-refractivity contribution is -0.385. The zero-order valence-corrected chi connectivity index (χ0v) is 21.5. The van der Waals surface area contributed by atoms with Crippen LogP contribution in [0.3, 0.4) is 0 Å². The van der Waals surface area contributed by atoms with E-state index in [9.17, 15) is 20.2 Å². The number of nitriles is 1. The molecule has 0 amide bonds. The number of nitro benzene ring substituents is 1. The SMILES string of the molecule is CCCCCOc1ccc(C2C(C#N)=C(N)Oc3cc(OC(=O)c4ccccc4[N+](=O)[O-])ccc32)cc1OC. The van der Waals surface area contributed by atoms with Gasteiger partial charge in [0.05, 0.1) is 24.6 Å². The molecule has 10 nitrogen and oxygen atoms in total. The number of allylic oxidation sites excluding steroid dienone is 1. The second-order valence-electron chi connectivity index (χ2n) is 8.75. The van der Waals surface area contributed by atoms with Gasteiger partial charge in [-0.1, -0.05) is 44.0 Å². The quantitative estimate of drug-likeness (QED) is 0.116. The Hall–Kier alpha value is -5.04. The van der Waals surface area contributed by atoms with Gasteiger partial charge in [-0.3, -0.25) is 10.1 Å². The van der Waals surface area contributed by atoms with Gasteiger partial charge in [-0.15, -0.1) is 0 Å². The van der Waals surface area contributed by atoms with Crippen LogP contribution in [0.4, 0.5) is 5.69 Å². The fraction of sp³-hybridized carbons (Fsp3) is 0.241. The van der Waals surface area contributed by atoms with E-state index in [1.165, 1.54) is 36.4 Å². The molecule has 0 saturated carbocycles. The number of unbranched alkanes of at least 4 members (excludes halogenated alkanes) is 2. The first-order valence-electron chi connectivity index (χ1n) is 12.4. The summed E-state index contributed by atoms with van der Waals surface area (Å²) in [4.78, 5) is 23.3. The minimum atomic E-state index is -0.893. The van der Waals surface area contributed by atoms with E-state index in [0.29, 0.717) is 23.7 Å². The first-order valence-corrected chi connectivity index (χ1v) is 12.4. The topological polar surface area (TPSA) is 147 Å². The number of para-hydroxylation sites is 1. The van der Waals surface area contributed by atoms with Crippen LogP contribution in [0.2, 0.25) is 0 Å². The van der Waals surface area contributed by atoms with Crippen molar-refractivity contribution < 1.29 is 28.7 Å². The molecular formula is C29H27N3O7. The Morgan fingerprint density at radius 3 is 2.64 bits per heavy atom. The third-order valence-corrected chi connectivity index (χ3v) is 6.25. The van der Waals surface area contributed by atoms with Crippen LogP contribution < -0.4 is 24.7 Å². The second-order valence-corrected chi connectivity index (χ2v) is 8.75. The van der Waals surface area contributed by atoms with Gasteiger partial charge < -0.3 is 24.7 Å². The van der Waals surface area contributed by atoms with Crippen molar-refractivity contribution in [2.24, 2.45) is 5.73 Å². The van der Waals surface area contributed by atoms with Crippen LogP contribution in [-0.4, -0.2) is 24.6 Å². The van der Waals surface area contributed by atoms with Crippen LogP contribution in [0.5, 0.6) is 23.0 Å². The lowest BCUT2D eigenvalue weighted by Gasteiger charge is -2.27. The van der Waals surface area contributed by atoms with Crippen molar-refractivity contribution in [2.75, 3.05) is 13.7 Å². The minimum absolute atomic E-state index is 0.0870. The molecule has 0 aromatic heterocycles. The fourth-order valence-corrected chi connectivity index (χ4v) is 4.33. The average molecular weight is 530 g/mol. The van der Waals surface area contributed by atoms with Crippen molar-refractivity contribution in [2.45, 2.75) is 32.1 Å². The van der Waals surface area contributed by atoms with Gasteiger partial charge in [0, 0.05) is 17.7 Å². The molecule has 1 unspecified atom stereocenters. The molecule has 200 valence electrons. The summed E-state index contributed by atoms with van der Waals surface area (Å²) in [6.07, 6.45) is 3.08. The number of carbonyl (C=O) groups excluding carboxylic acids is 1. The smallest absolute Gasteiger partial charge is 0.350 e. The Kier molecular flexibility index (Phi) is 8.31. The largest absolute Gasteiger partial charge is 0.493 e. The van der Waals surface area contributed by atoms with Crippen molar-refractivity contribution in [3.05, 3.63) is 98.9 Å². The molecular weight excluding hydrogens is 502 g/mol. The number of hydrogen-bond donors (Lipinski definition) is 1. The number of carbonyl (C=O) groups is 1. The standard InChI is InChI=1S/C29H27N3O7/c1-3-4-7-14-37-24-13-10-18(15-26(24)36-2)27-21-12-11-19(16-25(21)39-28(31)22(27)17-30)38-29(33)20-8-5-6-9-23(20)32(34)35/h5-6,8-13,15-16,27H,3-4,7,14,31H2,1-2H3. The second kappa shape index (κ2) is 12.0. The Morgan fingerprint density at radius 1 is 1.13 bits per heavy atom. The number of methoxy groups -OCH3 is 1. The highest BCUT2D eigenvalue weighted by Gasteiger charge is 2.32. The molecule has 10 heteroatoms. The maximum absolute atomic E-state index is 12.7. The van der Waals surface area contributed by atoms with Crippen LogP contribution in [0, 0.1) is 21.4 Å². The molecule has 4 rings (SSSR count). The number of esters is 1. The van der Waals surface area contributed by atoms with Crippen LogP contribution in [0.25, 0.3) is 0 Å². The van der Waals surface area contributed by atoms with Gasteiger partial charge in [0.2, 0.25) is 5.88 Å². The van der Waals surface area contributed by atoms with Gasteiger partial charge in [0.1, 0.15) is 28.7 Å². The van der Waals surface area contributed by atoms with Crippen molar-refractivity contribution >= 4 is 11.7 Å². The van der Waals surface area contributed by atoms with Crippen molar-refractivity contribution in [3.63, 3.8) is 0 Å². The molecule has 3 aromatic carbocycles. The van der Waals surface area contributed by atoms with Crippen LogP contribution in [0.1, 0.15) is 53.6 Å². The molecule has 1 aliphatic rings. The number of fused-ring (bicyclic) bond motifs is 1. The van der Waals surface area contributed by atoms with Crippen LogP contribution in [0.15, 0.2) is 72.1 Å². The van der Waals surface area contributed by atoms with E-state index in [4.69, 9.17) is 24.7 Å². The summed E-state index contributed by atoms with van der Waals surface area (Å²) in [5, 5.41) is 21.2. The summed E-state index contributed by atoms with van der Waals surface area (Å²) in [7, 11) is 1.54.